The molecule has 3 fully saturated rings. The molecule has 1 spiro atoms. The van der Waals surface area contributed by atoms with Crippen molar-refractivity contribution in [3.63, 3.8) is 0 Å². The van der Waals surface area contributed by atoms with Gasteiger partial charge in [0.2, 0.25) is 5.95 Å². The largest absolute Gasteiger partial charge is 0.495 e. The van der Waals surface area contributed by atoms with E-state index in [2.05, 4.69) is 25.9 Å². The number of carbonyl (C=O) groups is 2. The third-order valence-corrected chi connectivity index (χ3v) is 9.23. The minimum Gasteiger partial charge on any atom is -0.495 e. The van der Waals surface area contributed by atoms with Crippen LogP contribution in [0.4, 0.5) is 31.9 Å². The summed E-state index contributed by atoms with van der Waals surface area (Å²) in [5.74, 6) is -4.07. The second-order valence-electron chi connectivity index (χ2n) is 11.9. The molecule has 2 aliphatic carbocycles. The molecule has 0 atom stereocenters. The fourth-order valence-electron chi connectivity index (χ4n) is 6.64. The highest BCUT2D eigenvalue weighted by Gasteiger charge is 2.49. The zero-order valence-corrected chi connectivity index (χ0v) is 23.5. The van der Waals surface area contributed by atoms with Crippen molar-refractivity contribution in [3.8, 4) is 5.75 Å². The zero-order chi connectivity index (χ0) is 28.8. The van der Waals surface area contributed by atoms with Gasteiger partial charge in [-0.1, -0.05) is 12.8 Å². The van der Waals surface area contributed by atoms with Crippen molar-refractivity contribution in [3.05, 3.63) is 30.0 Å². The predicted octanol–water partition coefficient (Wildman–Crippen LogP) is 3.85. The summed E-state index contributed by atoms with van der Waals surface area (Å²) in [5.41, 5.74) is 1.67. The van der Waals surface area contributed by atoms with Gasteiger partial charge in [0, 0.05) is 37.8 Å². The number of hydrogen-bond acceptors (Lipinski definition) is 8. The summed E-state index contributed by atoms with van der Waals surface area (Å²) in [6.07, 6.45) is 9.00. The number of fused-ring (bicyclic) bond motifs is 1. The molecule has 1 aromatic carbocycles. The summed E-state index contributed by atoms with van der Waals surface area (Å²) in [5, 5.41) is 9.65. The van der Waals surface area contributed by atoms with Gasteiger partial charge < -0.3 is 30.5 Å². The van der Waals surface area contributed by atoms with Gasteiger partial charge >= 0.3 is 5.92 Å². The quantitative estimate of drug-likeness (QED) is 0.481. The minimum absolute atomic E-state index is 0.130. The Morgan fingerprint density at radius 3 is 2.54 bits per heavy atom. The number of anilines is 4. The van der Waals surface area contributed by atoms with Crippen LogP contribution in [0.25, 0.3) is 0 Å². The fourth-order valence-corrected chi connectivity index (χ4v) is 6.64. The first kappa shape index (κ1) is 27.6. The molecule has 41 heavy (non-hydrogen) atoms. The highest BCUT2D eigenvalue weighted by Crippen LogP contribution is 2.41. The molecule has 12 heteroatoms. The molecule has 220 valence electrons. The van der Waals surface area contributed by atoms with Gasteiger partial charge in [-0.05, 0) is 62.1 Å². The van der Waals surface area contributed by atoms with E-state index in [0.29, 0.717) is 28.2 Å². The molecule has 3 heterocycles. The first-order valence-corrected chi connectivity index (χ1v) is 14.4. The topological polar surface area (TPSA) is 112 Å². The van der Waals surface area contributed by atoms with E-state index in [4.69, 9.17) is 4.74 Å². The molecule has 2 saturated carbocycles. The second kappa shape index (κ2) is 10.7. The summed E-state index contributed by atoms with van der Waals surface area (Å²) in [6, 6.07) is 5.12. The monoisotopic (exact) mass is 569 g/mol. The van der Waals surface area contributed by atoms with Crippen LogP contribution in [0.5, 0.6) is 5.75 Å². The van der Waals surface area contributed by atoms with Crippen LogP contribution in [-0.4, -0.2) is 73.6 Å². The number of ether oxygens (including phenoxy) is 1. The Labute approximate surface area is 238 Å². The van der Waals surface area contributed by atoms with E-state index in [-0.39, 0.29) is 29.6 Å². The maximum atomic E-state index is 14.9. The average Bonchev–Trinajstić information content (AvgIpc) is 3.48. The van der Waals surface area contributed by atoms with Crippen molar-refractivity contribution in [2.24, 2.45) is 5.41 Å². The van der Waals surface area contributed by atoms with Crippen LogP contribution in [0.1, 0.15) is 61.7 Å². The van der Waals surface area contributed by atoms with Crippen LogP contribution in [0.3, 0.4) is 0 Å². The molecule has 2 amide bonds. The summed E-state index contributed by atoms with van der Waals surface area (Å²) in [4.78, 5) is 37.0. The van der Waals surface area contributed by atoms with Gasteiger partial charge in [0.15, 0.2) is 5.82 Å². The lowest BCUT2D eigenvalue weighted by atomic mass is 9.68. The van der Waals surface area contributed by atoms with Gasteiger partial charge in [-0.15, -0.1) is 0 Å². The Hall–Kier alpha value is -3.54. The Bertz CT molecular complexity index is 1320. The third kappa shape index (κ3) is 5.29. The van der Waals surface area contributed by atoms with E-state index in [1.165, 1.54) is 20.4 Å². The molecule has 2 aromatic rings. The van der Waals surface area contributed by atoms with E-state index in [1.807, 2.05) is 0 Å². The van der Waals surface area contributed by atoms with E-state index in [0.717, 1.165) is 69.4 Å². The maximum absolute atomic E-state index is 14.9. The summed E-state index contributed by atoms with van der Waals surface area (Å²) in [6.45, 7) is 1.43. The van der Waals surface area contributed by atoms with E-state index >= 15 is 0 Å². The van der Waals surface area contributed by atoms with Gasteiger partial charge in [-0.2, -0.15) is 13.8 Å². The lowest BCUT2D eigenvalue weighted by Crippen LogP contribution is -2.56. The number of carbonyl (C=O) groups excluding carboxylic acids is 2. The predicted molar refractivity (Wildman–Crippen MR) is 151 cm³/mol. The smallest absolute Gasteiger partial charge is 0.342 e. The standard InChI is InChI=1S/C29H37F2N7O3/c1-37-22-14-33-27(36-24(22)38(20-5-3-4-6-20)17-29(30,31)26(37)40)35-21-8-7-18(13-23(21)41-2)25(39)34-19-9-11-28(12-10-19)15-32-16-28/h7-8,13-14,19-20,32H,3-6,9-12,15-17H2,1-2H3,(H,34,39)(H,33,35,36). The number of nitrogens with zero attached hydrogens (tertiary/aromatic N) is 4. The number of nitrogens with one attached hydrogen (secondary N) is 3. The molecule has 1 saturated heterocycles. The lowest BCUT2D eigenvalue weighted by molar-refractivity contribution is -0.140. The number of rotatable bonds is 6. The molecule has 6 rings (SSSR count). The molecule has 0 unspecified atom stereocenters. The summed E-state index contributed by atoms with van der Waals surface area (Å²) >= 11 is 0. The molecule has 2 aliphatic heterocycles. The van der Waals surface area contributed by atoms with Crippen LogP contribution in [-0.2, 0) is 4.79 Å². The van der Waals surface area contributed by atoms with Gasteiger partial charge in [-0.25, -0.2) is 4.98 Å². The molecule has 0 radical (unpaired) electrons. The number of aromatic nitrogens is 2. The number of amides is 2. The number of alkyl halides is 2. The number of hydrogen-bond donors (Lipinski definition) is 3. The van der Waals surface area contributed by atoms with Crippen molar-refractivity contribution in [2.45, 2.75) is 69.4 Å². The van der Waals surface area contributed by atoms with Crippen molar-refractivity contribution >= 4 is 35.0 Å². The summed E-state index contributed by atoms with van der Waals surface area (Å²) in [7, 11) is 2.84. The number of halogens is 2. The van der Waals surface area contributed by atoms with Crippen LogP contribution >= 0.6 is 0 Å². The molecule has 1 aromatic heterocycles. The van der Waals surface area contributed by atoms with E-state index < -0.39 is 18.4 Å². The molecule has 0 bridgehead atoms. The van der Waals surface area contributed by atoms with Crippen LogP contribution in [0.2, 0.25) is 0 Å². The van der Waals surface area contributed by atoms with Crippen LogP contribution < -0.4 is 30.5 Å². The van der Waals surface area contributed by atoms with E-state index in [9.17, 15) is 18.4 Å². The van der Waals surface area contributed by atoms with Gasteiger partial charge in [0.25, 0.3) is 11.8 Å². The Balaban J connectivity index is 1.20. The molecular formula is C29H37F2N7O3. The third-order valence-electron chi connectivity index (χ3n) is 9.23. The Morgan fingerprint density at radius 1 is 1.15 bits per heavy atom. The van der Waals surface area contributed by atoms with Crippen molar-refractivity contribution in [2.75, 3.05) is 48.9 Å². The molecule has 4 aliphatic rings. The fraction of sp³-hybridized carbons (Fsp3) is 0.586. The molecular weight excluding hydrogens is 532 g/mol. The van der Waals surface area contributed by atoms with Crippen LogP contribution in [0, 0.1) is 5.41 Å². The van der Waals surface area contributed by atoms with E-state index in [1.54, 1.807) is 23.1 Å². The number of methoxy groups -OCH3 is 1. The number of benzene rings is 1. The molecule has 10 nitrogen and oxygen atoms in total. The SMILES string of the molecule is COc1cc(C(=O)NC2CCC3(CC2)CNC3)ccc1Nc1ncc2c(n1)N(C1CCCC1)CC(F)(F)C(=O)N2C. The highest BCUT2D eigenvalue weighted by atomic mass is 19.3. The Morgan fingerprint density at radius 2 is 1.88 bits per heavy atom. The Kier molecular flexibility index (Phi) is 7.21. The first-order chi connectivity index (χ1) is 19.7. The first-order valence-electron chi connectivity index (χ1n) is 14.4. The highest BCUT2D eigenvalue weighted by molar-refractivity contribution is 6.02. The second-order valence-corrected chi connectivity index (χ2v) is 11.9. The lowest BCUT2D eigenvalue weighted by Gasteiger charge is -2.47. The van der Waals surface area contributed by atoms with Gasteiger partial charge in [-0.3, -0.25) is 9.59 Å². The normalized spacial score (nSPS) is 22.2. The summed E-state index contributed by atoms with van der Waals surface area (Å²) < 4.78 is 35.3. The average molecular weight is 570 g/mol. The van der Waals surface area contributed by atoms with Crippen molar-refractivity contribution < 1.29 is 23.1 Å². The van der Waals surface area contributed by atoms with Crippen LogP contribution in [0.15, 0.2) is 24.4 Å². The molecule has 3 N–H and O–H groups in total. The zero-order valence-electron chi connectivity index (χ0n) is 23.5. The maximum Gasteiger partial charge on any atom is 0.342 e. The van der Waals surface area contributed by atoms with Crippen molar-refractivity contribution in [1.29, 1.82) is 0 Å². The minimum atomic E-state index is -3.54. The van der Waals surface area contributed by atoms with Gasteiger partial charge in [0.1, 0.15) is 11.4 Å². The van der Waals surface area contributed by atoms with Crippen molar-refractivity contribution in [1.82, 2.24) is 20.6 Å². The van der Waals surface area contributed by atoms with Gasteiger partial charge in [0.05, 0.1) is 25.5 Å².